The molecule has 2 aromatic carbocycles. The maximum Gasteiger partial charge on any atom is 0.336 e. The molecular formula is C13H8O5. The molecule has 5 nitrogen and oxygen atoms in total. The molecule has 18 heavy (non-hydrogen) atoms. The third kappa shape index (κ3) is 1.82. The van der Waals surface area contributed by atoms with Gasteiger partial charge in [-0.25, -0.2) is 9.59 Å². The second-order valence-electron chi connectivity index (χ2n) is 3.69. The van der Waals surface area contributed by atoms with E-state index in [0.29, 0.717) is 17.1 Å². The van der Waals surface area contributed by atoms with Gasteiger partial charge in [-0.3, -0.25) is 4.79 Å². The lowest BCUT2D eigenvalue weighted by molar-refractivity contribution is 0.0685. The fraction of sp³-hybridized carbons (Fsp3) is 0. The number of hydrogen-bond acceptors (Lipinski definition) is 3. The number of carboxylic acid groups (broad SMARTS) is 2. The third-order valence-corrected chi connectivity index (χ3v) is 2.66. The number of aromatic carboxylic acids is 2. The van der Waals surface area contributed by atoms with Crippen molar-refractivity contribution in [3.63, 3.8) is 0 Å². The van der Waals surface area contributed by atoms with E-state index in [0.717, 1.165) is 0 Å². The lowest BCUT2D eigenvalue weighted by Crippen LogP contribution is -2.03. The van der Waals surface area contributed by atoms with Gasteiger partial charge in [-0.2, -0.15) is 0 Å². The number of hydrogen-bond donors (Lipinski definition) is 2. The zero-order valence-corrected chi connectivity index (χ0v) is 9.08. The van der Waals surface area contributed by atoms with Crippen LogP contribution >= 0.6 is 0 Å². The highest BCUT2D eigenvalue weighted by Crippen LogP contribution is 2.22. The van der Waals surface area contributed by atoms with Crippen molar-refractivity contribution in [1.82, 2.24) is 0 Å². The average molecular weight is 244 g/mol. The molecule has 0 heterocycles. The highest BCUT2D eigenvalue weighted by atomic mass is 16.4. The van der Waals surface area contributed by atoms with E-state index in [1.54, 1.807) is 0 Å². The van der Waals surface area contributed by atoms with Gasteiger partial charge in [0.25, 0.3) is 0 Å². The van der Waals surface area contributed by atoms with Crippen LogP contribution in [0.25, 0.3) is 10.8 Å². The summed E-state index contributed by atoms with van der Waals surface area (Å²) in [6, 6.07) is 6.95. The first-order chi connectivity index (χ1) is 8.54. The fourth-order valence-corrected chi connectivity index (χ4v) is 1.80. The van der Waals surface area contributed by atoms with Gasteiger partial charge in [0.05, 0.1) is 11.1 Å². The topological polar surface area (TPSA) is 91.7 Å². The number of benzene rings is 2. The van der Waals surface area contributed by atoms with E-state index in [1.165, 1.54) is 30.3 Å². The molecule has 0 saturated heterocycles. The van der Waals surface area contributed by atoms with Gasteiger partial charge in [-0.05, 0) is 29.0 Å². The van der Waals surface area contributed by atoms with E-state index in [-0.39, 0.29) is 16.7 Å². The van der Waals surface area contributed by atoms with Crippen LogP contribution in [0.15, 0.2) is 30.3 Å². The zero-order valence-electron chi connectivity index (χ0n) is 9.08. The molecule has 0 aliphatic carbocycles. The summed E-state index contributed by atoms with van der Waals surface area (Å²) < 4.78 is 0. The van der Waals surface area contributed by atoms with Crippen molar-refractivity contribution in [2.75, 3.05) is 0 Å². The Hall–Kier alpha value is -2.69. The Kier molecular flexibility index (Phi) is 2.81. The average Bonchev–Trinajstić information content (AvgIpc) is 2.36. The van der Waals surface area contributed by atoms with E-state index in [4.69, 9.17) is 10.2 Å². The van der Waals surface area contributed by atoms with Gasteiger partial charge in [0.15, 0.2) is 6.29 Å². The van der Waals surface area contributed by atoms with Gasteiger partial charge in [0.2, 0.25) is 0 Å². The third-order valence-electron chi connectivity index (χ3n) is 2.66. The second kappa shape index (κ2) is 4.29. The Bertz CT molecular complexity index is 672. The predicted octanol–water partition coefficient (Wildman–Crippen LogP) is 2.05. The maximum atomic E-state index is 11.0. The molecule has 2 N–H and O–H groups in total. The molecule has 5 heteroatoms. The Morgan fingerprint density at radius 1 is 1.00 bits per heavy atom. The summed E-state index contributed by atoms with van der Waals surface area (Å²) in [5.41, 5.74) is 0.0416. The number of fused-ring (bicyclic) bond motifs is 1. The molecule has 0 spiro atoms. The van der Waals surface area contributed by atoms with Crippen LogP contribution in [0.1, 0.15) is 31.1 Å². The van der Waals surface area contributed by atoms with Crippen molar-refractivity contribution in [3.05, 3.63) is 47.0 Å². The van der Waals surface area contributed by atoms with Gasteiger partial charge in [-0.1, -0.05) is 12.1 Å². The number of carboxylic acids is 2. The Labute approximate surface area is 101 Å². The predicted molar refractivity (Wildman–Crippen MR) is 63.3 cm³/mol. The standard InChI is InChI=1S/C13H8O5/c14-6-11-9-3-2-8(12(15)16)5-7(9)1-4-10(11)13(17)18/h1-6H,(H,15,16)(H,17,18). The minimum absolute atomic E-state index is 0.0527. The lowest BCUT2D eigenvalue weighted by atomic mass is 9.98. The first-order valence-electron chi connectivity index (χ1n) is 5.03. The summed E-state index contributed by atoms with van der Waals surface area (Å²) in [7, 11) is 0. The van der Waals surface area contributed by atoms with Crippen molar-refractivity contribution in [2.45, 2.75) is 0 Å². The number of rotatable bonds is 3. The highest BCUT2D eigenvalue weighted by molar-refractivity contribution is 6.08. The van der Waals surface area contributed by atoms with Crippen LogP contribution < -0.4 is 0 Å². The van der Waals surface area contributed by atoms with E-state index < -0.39 is 11.9 Å². The monoisotopic (exact) mass is 244 g/mol. The summed E-state index contributed by atoms with van der Waals surface area (Å²) in [6.45, 7) is 0. The van der Waals surface area contributed by atoms with Gasteiger partial charge in [0, 0.05) is 5.56 Å². The smallest absolute Gasteiger partial charge is 0.336 e. The first kappa shape index (κ1) is 11.8. The van der Waals surface area contributed by atoms with Gasteiger partial charge < -0.3 is 10.2 Å². The van der Waals surface area contributed by atoms with Crippen molar-refractivity contribution in [3.8, 4) is 0 Å². The Morgan fingerprint density at radius 3 is 2.28 bits per heavy atom. The Balaban J connectivity index is 2.79. The number of carbonyl (C=O) groups is 3. The quantitative estimate of drug-likeness (QED) is 0.806. The van der Waals surface area contributed by atoms with E-state index in [9.17, 15) is 14.4 Å². The summed E-state index contributed by atoms with van der Waals surface area (Å²) in [5.74, 6) is -2.27. The molecular weight excluding hydrogens is 236 g/mol. The van der Waals surface area contributed by atoms with E-state index in [1.807, 2.05) is 0 Å². The molecule has 0 unspecified atom stereocenters. The lowest BCUT2D eigenvalue weighted by Gasteiger charge is -2.05. The Morgan fingerprint density at radius 2 is 1.72 bits per heavy atom. The van der Waals surface area contributed by atoms with Crippen LogP contribution in [0.3, 0.4) is 0 Å². The van der Waals surface area contributed by atoms with Crippen molar-refractivity contribution >= 4 is 29.0 Å². The molecule has 0 fully saturated rings. The summed E-state index contributed by atoms with van der Waals surface area (Å²) >= 11 is 0. The molecule has 0 radical (unpaired) electrons. The molecule has 0 aromatic heterocycles. The van der Waals surface area contributed by atoms with Crippen molar-refractivity contribution in [2.24, 2.45) is 0 Å². The minimum Gasteiger partial charge on any atom is -0.478 e. The molecule has 0 amide bonds. The van der Waals surface area contributed by atoms with E-state index >= 15 is 0 Å². The zero-order chi connectivity index (χ0) is 13.3. The van der Waals surface area contributed by atoms with Gasteiger partial charge >= 0.3 is 11.9 Å². The highest BCUT2D eigenvalue weighted by Gasteiger charge is 2.13. The molecule has 90 valence electrons. The summed E-state index contributed by atoms with van der Waals surface area (Å²) in [4.78, 5) is 32.7. The molecule has 0 aliphatic rings. The van der Waals surface area contributed by atoms with Gasteiger partial charge in [0.1, 0.15) is 0 Å². The van der Waals surface area contributed by atoms with Crippen LogP contribution in [0.4, 0.5) is 0 Å². The van der Waals surface area contributed by atoms with Crippen LogP contribution in [-0.2, 0) is 0 Å². The molecule has 0 saturated carbocycles. The summed E-state index contributed by atoms with van der Waals surface area (Å²) in [5, 5.41) is 18.7. The van der Waals surface area contributed by atoms with Crippen LogP contribution in [0.2, 0.25) is 0 Å². The number of carbonyl (C=O) groups excluding carboxylic acids is 1. The fourth-order valence-electron chi connectivity index (χ4n) is 1.80. The van der Waals surface area contributed by atoms with Crippen LogP contribution in [-0.4, -0.2) is 28.4 Å². The second-order valence-corrected chi connectivity index (χ2v) is 3.69. The molecule has 2 aromatic rings. The van der Waals surface area contributed by atoms with Crippen molar-refractivity contribution < 1.29 is 24.6 Å². The van der Waals surface area contributed by atoms with Crippen LogP contribution in [0.5, 0.6) is 0 Å². The molecule has 0 aliphatic heterocycles. The SMILES string of the molecule is O=Cc1c(C(=O)O)ccc2cc(C(=O)O)ccc12. The molecule has 0 atom stereocenters. The maximum absolute atomic E-state index is 11.0. The van der Waals surface area contributed by atoms with Crippen LogP contribution in [0, 0.1) is 0 Å². The van der Waals surface area contributed by atoms with Gasteiger partial charge in [-0.15, -0.1) is 0 Å². The van der Waals surface area contributed by atoms with Crippen molar-refractivity contribution in [1.29, 1.82) is 0 Å². The largest absolute Gasteiger partial charge is 0.478 e. The first-order valence-corrected chi connectivity index (χ1v) is 5.03. The molecule has 2 rings (SSSR count). The normalized spacial score (nSPS) is 10.2. The minimum atomic E-state index is -1.19. The number of aldehydes is 1. The summed E-state index contributed by atoms with van der Waals surface area (Å²) in [6.07, 6.45) is 0.465. The molecule has 0 bridgehead atoms. The van der Waals surface area contributed by atoms with E-state index in [2.05, 4.69) is 0 Å².